The highest BCUT2D eigenvalue weighted by Gasteiger charge is 2.27. The summed E-state index contributed by atoms with van der Waals surface area (Å²) in [4.78, 5) is 23.0. The summed E-state index contributed by atoms with van der Waals surface area (Å²) in [5, 5.41) is 15.9. The first-order valence-corrected chi connectivity index (χ1v) is 8.15. The van der Waals surface area contributed by atoms with E-state index in [1.54, 1.807) is 0 Å². The molecule has 6 heteroatoms. The standard InChI is InChI=1S/C18H21N3O3/c1-11-6-7-14(12(2)10-11)21-15-5-3-4-13(15)17(20-21)18(24)19-9-8-16(22)23/h6-7,10H,3-5,8-9H2,1-2H3,(H,19,24)(H,22,23). The van der Waals surface area contributed by atoms with Crippen LogP contribution in [0, 0.1) is 13.8 Å². The smallest absolute Gasteiger partial charge is 0.305 e. The summed E-state index contributed by atoms with van der Waals surface area (Å²) in [6, 6.07) is 6.17. The van der Waals surface area contributed by atoms with E-state index >= 15 is 0 Å². The summed E-state index contributed by atoms with van der Waals surface area (Å²) in [6.45, 7) is 4.20. The fourth-order valence-corrected chi connectivity index (χ4v) is 3.23. The summed E-state index contributed by atoms with van der Waals surface area (Å²) < 4.78 is 1.88. The number of hydrogen-bond donors (Lipinski definition) is 2. The molecular formula is C18H21N3O3. The number of rotatable bonds is 5. The zero-order chi connectivity index (χ0) is 17.3. The second kappa shape index (κ2) is 6.47. The van der Waals surface area contributed by atoms with Crippen molar-refractivity contribution in [2.24, 2.45) is 0 Å². The van der Waals surface area contributed by atoms with Crippen LogP contribution in [0.15, 0.2) is 18.2 Å². The van der Waals surface area contributed by atoms with Crippen LogP contribution >= 0.6 is 0 Å². The molecular weight excluding hydrogens is 306 g/mol. The van der Waals surface area contributed by atoms with Gasteiger partial charge in [-0.25, -0.2) is 4.68 Å². The van der Waals surface area contributed by atoms with Crippen LogP contribution in [0.1, 0.15) is 45.7 Å². The topological polar surface area (TPSA) is 84.2 Å². The fourth-order valence-electron chi connectivity index (χ4n) is 3.23. The Morgan fingerprint density at radius 2 is 2.08 bits per heavy atom. The lowest BCUT2D eigenvalue weighted by molar-refractivity contribution is -0.136. The third-order valence-corrected chi connectivity index (χ3v) is 4.35. The maximum Gasteiger partial charge on any atom is 0.305 e. The van der Waals surface area contributed by atoms with E-state index in [2.05, 4.69) is 16.5 Å². The highest BCUT2D eigenvalue weighted by Crippen LogP contribution is 2.29. The van der Waals surface area contributed by atoms with Crippen LogP contribution in [-0.2, 0) is 17.6 Å². The third-order valence-electron chi connectivity index (χ3n) is 4.35. The van der Waals surface area contributed by atoms with Gasteiger partial charge in [0.2, 0.25) is 0 Å². The molecule has 6 nitrogen and oxygen atoms in total. The molecule has 0 aliphatic heterocycles. The number of nitrogens with zero attached hydrogens (tertiary/aromatic N) is 2. The number of aryl methyl sites for hydroxylation is 2. The van der Waals surface area contributed by atoms with Gasteiger partial charge in [-0.05, 0) is 44.7 Å². The van der Waals surface area contributed by atoms with E-state index in [-0.39, 0.29) is 18.9 Å². The molecule has 0 radical (unpaired) electrons. The van der Waals surface area contributed by atoms with E-state index in [0.717, 1.165) is 41.8 Å². The van der Waals surface area contributed by atoms with Gasteiger partial charge in [0.15, 0.2) is 5.69 Å². The van der Waals surface area contributed by atoms with Crippen LogP contribution in [0.2, 0.25) is 0 Å². The van der Waals surface area contributed by atoms with Gasteiger partial charge in [0.05, 0.1) is 12.1 Å². The Morgan fingerprint density at radius 3 is 2.79 bits per heavy atom. The molecule has 0 saturated heterocycles. The van der Waals surface area contributed by atoms with Crippen molar-refractivity contribution in [1.82, 2.24) is 15.1 Å². The van der Waals surface area contributed by atoms with Gasteiger partial charge in [-0.2, -0.15) is 5.10 Å². The molecule has 0 spiro atoms. The van der Waals surface area contributed by atoms with Crippen molar-refractivity contribution in [3.8, 4) is 5.69 Å². The molecule has 1 aliphatic carbocycles. The zero-order valence-electron chi connectivity index (χ0n) is 13.9. The Morgan fingerprint density at radius 1 is 1.29 bits per heavy atom. The predicted molar refractivity (Wildman–Crippen MR) is 89.6 cm³/mol. The molecule has 0 bridgehead atoms. The number of benzene rings is 1. The van der Waals surface area contributed by atoms with Gasteiger partial charge in [-0.3, -0.25) is 9.59 Å². The van der Waals surface area contributed by atoms with Crippen molar-refractivity contribution < 1.29 is 14.7 Å². The van der Waals surface area contributed by atoms with Crippen LogP contribution in [0.4, 0.5) is 0 Å². The first-order valence-electron chi connectivity index (χ1n) is 8.15. The molecule has 1 aromatic carbocycles. The molecule has 1 aliphatic rings. The van der Waals surface area contributed by atoms with Gasteiger partial charge >= 0.3 is 5.97 Å². The normalized spacial score (nSPS) is 12.9. The Hall–Kier alpha value is -2.63. The Kier molecular flexibility index (Phi) is 4.38. The number of amides is 1. The minimum atomic E-state index is -0.929. The number of carbonyl (C=O) groups is 2. The van der Waals surface area contributed by atoms with Crippen LogP contribution in [-0.4, -0.2) is 33.3 Å². The summed E-state index contributed by atoms with van der Waals surface area (Å²) in [5.74, 6) is -1.22. The monoisotopic (exact) mass is 327 g/mol. The van der Waals surface area contributed by atoms with E-state index in [4.69, 9.17) is 5.11 Å². The van der Waals surface area contributed by atoms with Crippen molar-refractivity contribution in [2.75, 3.05) is 6.54 Å². The number of carboxylic acids is 1. The Labute approximate surface area is 140 Å². The lowest BCUT2D eigenvalue weighted by Gasteiger charge is -2.09. The van der Waals surface area contributed by atoms with E-state index in [1.165, 1.54) is 5.56 Å². The van der Waals surface area contributed by atoms with E-state index < -0.39 is 5.97 Å². The maximum absolute atomic E-state index is 12.4. The summed E-state index contributed by atoms with van der Waals surface area (Å²) in [7, 11) is 0. The van der Waals surface area contributed by atoms with Crippen molar-refractivity contribution in [1.29, 1.82) is 0 Å². The fraction of sp³-hybridized carbons (Fsp3) is 0.389. The lowest BCUT2D eigenvalue weighted by atomic mass is 10.1. The van der Waals surface area contributed by atoms with Gasteiger partial charge in [-0.1, -0.05) is 17.7 Å². The first kappa shape index (κ1) is 16.2. The number of nitrogens with one attached hydrogen (secondary N) is 1. The largest absolute Gasteiger partial charge is 0.481 e. The van der Waals surface area contributed by atoms with Crippen molar-refractivity contribution in [3.63, 3.8) is 0 Å². The highest BCUT2D eigenvalue weighted by molar-refractivity contribution is 5.94. The van der Waals surface area contributed by atoms with E-state index in [0.29, 0.717) is 5.69 Å². The second-order valence-electron chi connectivity index (χ2n) is 6.23. The van der Waals surface area contributed by atoms with Crippen molar-refractivity contribution in [3.05, 3.63) is 46.3 Å². The number of carbonyl (C=O) groups excluding carboxylic acids is 1. The summed E-state index contributed by atoms with van der Waals surface area (Å²) in [5.41, 5.74) is 5.79. The number of hydrogen-bond acceptors (Lipinski definition) is 3. The molecule has 0 fully saturated rings. The first-order chi connectivity index (χ1) is 11.5. The molecule has 24 heavy (non-hydrogen) atoms. The Bertz CT molecular complexity index is 808. The molecule has 3 rings (SSSR count). The van der Waals surface area contributed by atoms with Crippen LogP contribution < -0.4 is 5.32 Å². The highest BCUT2D eigenvalue weighted by atomic mass is 16.4. The molecule has 126 valence electrons. The molecule has 2 aromatic rings. The average Bonchev–Trinajstić information content (AvgIpc) is 3.09. The maximum atomic E-state index is 12.4. The third kappa shape index (κ3) is 3.04. The van der Waals surface area contributed by atoms with Crippen molar-refractivity contribution >= 4 is 11.9 Å². The van der Waals surface area contributed by atoms with Crippen LogP contribution in [0.3, 0.4) is 0 Å². The summed E-state index contributed by atoms with van der Waals surface area (Å²) >= 11 is 0. The average molecular weight is 327 g/mol. The molecule has 0 atom stereocenters. The minimum absolute atomic E-state index is 0.0916. The number of fused-ring (bicyclic) bond motifs is 1. The van der Waals surface area contributed by atoms with Gasteiger partial charge in [0, 0.05) is 17.8 Å². The second-order valence-corrected chi connectivity index (χ2v) is 6.23. The molecule has 0 saturated carbocycles. The SMILES string of the molecule is Cc1ccc(-n2nc(C(=O)NCCC(=O)O)c3c2CCC3)c(C)c1. The zero-order valence-corrected chi connectivity index (χ0v) is 13.9. The van der Waals surface area contributed by atoms with Gasteiger partial charge < -0.3 is 10.4 Å². The van der Waals surface area contributed by atoms with Crippen molar-refractivity contribution in [2.45, 2.75) is 39.5 Å². The van der Waals surface area contributed by atoms with Crippen LogP contribution in [0.5, 0.6) is 0 Å². The minimum Gasteiger partial charge on any atom is -0.481 e. The van der Waals surface area contributed by atoms with Gasteiger partial charge in [0.25, 0.3) is 5.91 Å². The van der Waals surface area contributed by atoms with E-state index in [9.17, 15) is 9.59 Å². The molecule has 2 N–H and O–H groups in total. The number of aliphatic carboxylic acids is 1. The molecule has 0 unspecified atom stereocenters. The molecule has 1 aromatic heterocycles. The van der Waals surface area contributed by atoms with Crippen LogP contribution in [0.25, 0.3) is 5.69 Å². The lowest BCUT2D eigenvalue weighted by Crippen LogP contribution is -2.27. The molecule has 1 heterocycles. The van der Waals surface area contributed by atoms with Gasteiger partial charge in [0.1, 0.15) is 0 Å². The number of carboxylic acid groups (broad SMARTS) is 1. The number of aromatic nitrogens is 2. The quantitative estimate of drug-likeness (QED) is 0.881. The Balaban J connectivity index is 1.93. The molecule has 1 amide bonds. The summed E-state index contributed by atoms with van der Waals surface area (Å²) in [6.07, 6.45) is 2.65. The van der Waals surface area contributed by atoms with E-state index in [1.807, 2.05) is 30.7 Å². The van der Waals surface area contributed by atoms with Gasteiger partial charge in [-0.15, -0.1) is 0 Å². The predicted octanol–water partition coefficient (Wildman–Crippen LogP) is 2.18.